The Morgan fingerprint density at radius 3 is 2.87 bits per heavy atom. The molecule has 3 heterocycles. The maximum absolute atomic E-state index is 12.3. The van der Waals surface area contributed by atoms with Crippen LogP contribution in [0.3, 0.4) is 0 Å². The monoisotopic (exact) mass is 351 g/mol. The molecule has 2 aromatic heterocycles. The molecule has 0 saturated carbocycles. The van der Waals surface area contributed by atoms with Crippen LogP contribution in [-0.2, 0) is 4.74 Å². The van der Waals surface area contributed by atoms with Gasteiger partial charge >= 0.3 is 0 Å². The van der Waals surface area contributed by atoms with E-state index in [0.717, 1.165) is 26.3 Å². The van der Waals surface area contributed by atoms with Crippen molar-refractivity contribution in [3.63, 3.8) is 0 Å². The van der Waals surface area contributed by atoms with Gasteiger partial charge in [-0.2, -0.15) is 0 Å². The summed E-state index contributed by atoms with van der Waals surface area (Å²) in [6.45, 7) is 3.78. The lowest BCUT2D eigenvalue weighted by molar-refractivity contribution is 0.0169. The number of nitrogens with zero attached hydrogens (tertiary/aromatic N) is 2. The van der Waals surface area contributed by atoms with E-state index >= 15 is 0 Å². The average Bonchev–Trinajstić information content (AvgIpc) is 3.11. The van der Waals surface area contributed by atoms with Gasteiger partial charge in [0.2, 0.25) is 0 Å². The van der Waals surface area contributed by atoms with Crippen LogP contribution in [0.2, 0.25) is 5.15 Å². The molecular weight excluding hydrogens is 334 g/mol. The first-order valence-electron chi connectivity index (χ1n) is 7.49. The summed E-state index contributed by atoms with van der Waals surface area (Å²) < 4.78 is 5.43. The zero-order valence-corrected chi connectivity index (χ0v) is 14.1. The molecule has 0 unspecified atom stereocenters. The smallest absolute Gasteiger partial charge is 0.252 e. The first kappa shape index (κ1) is 16.4. The SMILES string of the molecule is O=C(NC[C@@H](c1cccs1)N1CCOCC1)c1ccc(Cl)nc1. The minimum Gasteiger partial charge on any atom is -0.379 e. The number of hydrogen-bond acceptors (Lipinski definition) is 5. The molecule has 1 amide bonds. The van der Waals surface area contributed by atoms with E-state index in [1.54, 1.807) is 23.5 Å². The van der Waals surface area contributed by atoms with Crippen molar-refractivity contribution >= 4 is 28.8 Å². The van der Waals surface area contributed by atoms with E-state index in [-0.39, 0.29) is 11.9 Å². The van der Waals surface area contributed by atoms with Crippen LogP contribution in [0.1, 0.15) is 21.3 Å². The fourth-order valence-electron chi connectivity index (χ4n) is 2.58. The average molecular weight is 352 g/mol. The molecular formula is C16H18ClN3O2S. The Hall–Kier alpha value is -1.47. The summed E-state index contributed by atoms with van der Waals surface area (Å²) in [4.78, 5) is 19.8. The van der Waals surface area contributed by atoms with Crippen LogP contribution in [0, 0.1) is 0 Å². The number of rotatable bonds is 5. The van der Waals surface area contributed by atoms with Crippen LogP contribution < -0.4 is 5.32 Å². The van der Waals surface area contributed by atoms with Crippen molar-refractivity contribution in [2.45, 2.75) is 6.04 Å². The fraction of sp³-hybridized carbons (Fsp3) is 0.375. The van der Waals surface area contributed by atoms with Crippen LogP contribution >= 0.6 is 22.9 Å². The second kappa shape index (κ2) is 7.88. The Labute approximate surface area is 144 Å². The van der Waals surface area contributed by atoms with Gasteiger partial charge in [-0.1, -0.05) is 17.7 Å². The molecule has 1 fully saturated rings. The van der Waals surface area contributed by atoms with Crippen molar-refractivity contribution < 1.29 is 9.53 Å². The van der Waals surface area contributed by atoms with Crippen molar-refractivity contribution in [2.24, 2.45) is 0 Å². The predicted octanol–water partition coefficient (Wildman–Crippen LogP) is 2.60. The second-order valence-corrected chi connectivity index (χ2v) is 6.63. The molecule has 2 aromatic rings. The van der Waals surface area contributed by atoms with Gasteiger partial charge in [0.25, 0.3) is 5.91 Å². The highest BCUT2D eigenvalue weighted by atomic mass is 35.5. The predicted molar refractivity (Wildman–Crippen MR) is 91.0 cm³/mol. The summed E-state index contributed by atoms with van der Waals surface area (Å²) >= 11 is 7.46. The molecule has 122 valence electrons. The molecule has 3 rings (SSSR count). The number of aromatic nitrogens is 1. The van der Waals surface area contributed by atoms with E-state index in [2.05, 4.69) is 26.6 Å². The van der Waals surface area contributed by atoms with Crippen molar-refractivity contribution in [3.05, 3.63) is 51.4 Å². The van der Waals surface area contributed by atoms with E-state index in [0.29, 0.717) is 17.3 Å². The number of morpholine rings is 1. The van der Waals surface area contributed by atoms with Gasteiger partial charge in [0.05, 0.1) is 24.8 Å². The largest absolute Gasteiger partial charge is 0.379 e. The van der Waals surface area contributed by atoms with Crippen molar-refractivity contribution in [1.82, 2.24) is 15.2 Å². The normalized spacial score (nSPS) is 16.9. The quantitative estimate of drug-likeness (QED) is 0.841. The summed E-state index contributed by atoms with van der Waals surface area (Å²) in [5, 5.41) is 5.45. The summed E-state index contributed by atoms with van der Waals surface area (Å²) in [5.74, 6) is -0.135. The third-order valence-corrected chi connectivity index (χ3v) is 5.00. The molecule has 1 aliphatic heterocycles. The molecule has 1 atom stereocenters. The van der Waals surface area contributed by atoms with Gasteiger partial charge in [0.15, 0.2) is 0 Å². The van der Waals surface area contributed by atoms with Crippen molar-refractivity contribution in [1.29, 1.82) is 0 Å². The lowest BCUT2D eigenvalue weighted by Crippen LogP contribution is -2.43. The number of carbonyl (C=O) groups is 1. The Morgan fingerprint density at radius 1 is 1.39 bits per heavy atom. The number of nitrogens with one attached hydrogen (secondary N) is 1. The number of thiophene rings is 1. The Balaban J connectivity index is 1.66. The number of ether oxygens (including phenoxy) is 1. The third kappa shape index (κ3) is 4.29. The molecule has 0 aromatic carbocycles. The molecule has 5 nitrogen and oxygen atoms in total. The van der Waals surface area contributed by atoms with Gasteiger partial charge in [-0.25, -0.2) is 4.98 Å². The van der Waals surface area contributed by atoms with Gasteiger partial charge in [-0.3, -0.25) is 9.69 Å². The van der Waals surface area contributed by atoms with E-state index in [4.69, 9.17) is 16.3 Å². The molecule has 1 aliphatic rings. The fourth-order valence-corrected chi connectivity index (χ4v) is 3.55. The van der Waals surface area contributed by atoms with Crippen molar-refractivity contribution in [3.8, 4) is 0 Å². The molecule has 1 saturated heterocycles. The zero-order valence-electron chi connectivity index (χ0n) is 12.6. The topological polar surface area (TPSA) is 54.5 Å². The number of pyridine rings is 1. The van der Waals surface area contributed by atoms with E-state index in [1.165, 1.54) is 11.1 Å². The summed E-state index contributed by atoms with van der Waals surface area (Å²) in [6.07, 6.45) is 1.49. The van der Waals surface area contributed by atoms with Crippen LogP contribution in [0.15, 0.2) is 35.8 Å². The van der Waals surface area contributed by atoms with E-state index < -0.39 is 0 Å². The maximum Gasteiger partial charge on any atom is 0.252 e. The van der Waals surface area contributed by atoms with Crippen LogP contribution in [0.4, 0.5) is 0 Å². The highest BCUT2D eigenvalue weighted by molar-refractivity contribution is 7.10. The molecule has 0 radical (unpaired) electrons. The number of carbonyl (C=O) groups excluding carboxylic acids is 1. The second-order valence-electron chi connectivity index (χ2n) is 5.26. The molecule has 0 bridgehead atoms. The third-order valence-electron chi connectivity index (χ3n) is 3.80. The number of hydrogen-bond donors (Lipinski definition) is 1. The van der Waals surface area contributed by atoms with Gasteiger partial charge in [-0.05, 0) is 23.6 Å². The Morgan fingerprint density at radius 2 is 2.22 bits per heavy atom. The van der Waals surface area contributed by atoms with E-state index in [9.17, 15) is 4.79 Å². The highest BCUT2D eigenvalue weighted by Gasteiger charge is 2.24. The highest BCUT2D eigenvalue weighted by Crippen LogP contribution is 2.25. The van der Waals surface area contributed by atoms with Crippen LogP contribution in [-0.4, -0.2) is 48.6 Å². The van der Waals surface area contributed by atoms with Gasteiger partial charge in [-0.15, -0.1) is 11.3 Å². The molecule has 7 heteroatoms. The lowest BCUT2D eigenvalue weighted by Gasteiger charge is -2.34. The first-order chi connectivity index (χ1) is 11.2. The summed E-state index contributed by atoms with van der Waals surface area (Å²) in [5.41, 5.74) is 0.515. The van der Waals surface area contributed by atoms with Crippen LogP contribution in [0.25, 0.3) is 0 Å². The van der Waals surface area contributed by atoms with Crippen LogP contribution in [0.5, 0.6) is 0 Å². The first-order valence-corrected chi connectivity index (χ1v) is 8.75. The molecule has 0 spiro atoms. The minimum atomic E-state index is -0.135. The molecule has 0 aliphatic carbocycles. The van der Waals surface area contributed by atoms with Gasteiger partial charge in [0.1, 0.15) is 5.15 Å². The zero-order chi connectivity index (χ0) is 16.1. The van der Waals surface area contributed by atoms with E-state index in [1.807, 2.05) is 6.07 Å². The van der Waals surface area contributed by atoms with Gasteiger partial charge < -0.3 is 10.1 Å². The maximum atomic E-state index is 12.3. The number of amides is 1. The summed E-state index contributed by atoms with van der Waals surface area (Å²) in [7, 11) is 0. The van der Waals surface area contributed by atoms with Crippen molar-refractivity contribution in [2.75, 3.05) is 32.8 Å². The van der Waals surface area contributed by atoms with Gasteiger partial charge in [0, 0.05) is 30.7 Å². The minimum absolute atomic E-state index is 0.135. The standard InChI is InChI=1S/C16H18ClN3O2S/c17-15-4-3-12(10-18-15)16(21)19-11-13(14-2-1-9-23-14)20-5-7-22-8-6-20/h1-4,9-10,13H,5-8,11H2,(H,19,21)/t13-/m0/s1. The summed E-state index contributed by atoms with van der Waals surface area (Å²) in [6, 6.07) is 7.62. The Kier molecular flexibility index (Phi) is 5.61. The Bertz CT molecular complexity index is 627. The lowest BCUT2D eigenvalue weighted by atomic mass is 10.1. The molecule has 23 heavy (non-hydrogen) atoms. The molecule has 1 N–H and O–H groups in total. The number of halogens is 1.